The lowest BCUT2D eigenvalue weighted by molar-refractivity contribution is -0.119. The van der Waals surface area contributed by atoms with Gasteiger partial charge in [0.2, 0.25) is 5.11 Å². The van der Waals surface area contributed by atoms with Crippen molar-refractivity contribution in [1.82, 2.24) is 4.90 Å². The van der Waals surface area contributed by atoms with Gasteiger partial charge in [0.25, 0.3) is 5.91 Å². The van der Waals surface area contributed by atoms with Crippen molar-refractivity contribution in [3.05, 3.63) is 28.8 Å². The van der Waals surface area contributed by atoms with E-state index in [1.54, 1.807) is 19.2 Å². The second-order valence-electron chi connectivity index (χ2n) is 3.66. The van der Waals surface area contributed by atoms with Gasteiger partial charge in [0.05, 0.1) is 0 Å². The maximum atomic E-state index is 11.7. The van der Waals surface area contributed by atoms with Crippen LogP contribution in [0.2, 0.25) is 5.02 Å². The number of phenols is 1. The van der Waals surface area contributed by atoms with Crippen LogP contribution in [0.3, 0.4) is 0 Å². The molecular weight excluding hydrogens is 260 g/mol. The van der Waals surface area contributed by atoms with Crippen LogP contribution in [0.1, 0.15) is 5.56 Å². The summed E-state index contributed by atoms with van der Waals surface area (Å²) in [7, 11) is 1.57. The molecule has 1 amide bonds. The Morgan fingerprint density at radius 1 is 1.53 bits per heavy atom. The Kier molecular flexibility index (Phi) is 3.13. The molecule has 0 aromatic heterocycles. The Balaban J connectivity index is 2.28. The molecule has 4 nitrogen and oxygen atoms in total. The highest BCUT2D eigenvalue weighted by molar-refractivity contribution is 7.80. The van der Waals surface area contributed by atoms with E-state index in [1.807, 2.05) is 0 Å². The van der Waals surface area contributed by atoms with Crippen LogP contribution in [0, 0.1) is 0 Å². The number of hydrogen-bond donors (Lipinski definition) is 1. The van der Waals surface area contributed by atoms with E-state index in [-0.39, 0.29) is 23.2 Å². The summed E-state index contributed by atoms with van der Waals surface area (Å²) < 4.78 is 0. The SMILES string of the molecule is CN1C(=O)C(Cc2cc(Cl)ccc2O)=NC1=S. The summed E-state index contributed by atoms with van der Waals surface area (Å²) in [5, 5.41) is 10.4. The van der Waals surface area contributed by atoms with Crippen molar-refractivity contribution in [1.29, 1.82) is 0 Å². The second-order valence-corrected chi connectivity index (χ2v) is 4.46. The van der Waals surface area contributed by atoms with Crippen molar-refractivity contribution >= 4 is 40.6 Å². The van der Waals surface area contributed by atoms with Crippen LogP contribution in [0.4, 0.5) is 0 Å². The fourth-order valence-corrected chi connectivity index (χ4v) is 1.90. The van der Waals surface area contributed by atoms with Crippen LogP contribution < -0.4 is 0 Å². The standard InChI is InChI=1S/C11H9ClN2O2S/c1-14-10(16)8(13-11(14)17)5-6-4-7(12)2-3-9(6)15/h2-4,15H,5H2,1H3. The van der Waals surface area contributed by atoms with Crippen molar-refractivity contribution in [2.24, 2.45) is 4.99 Å². The molecular formula is C11H9ClN2O2S. The van der Waals surface area contributed by atoms with Gasteiger partial charge in [-0.15, -0.1) is 0 Å². The Labute approximate surface area is 109 Å². The van der Waals surface area contributed by atoms with Crippen molar-refractivity contribution in [3.8, 4) is 5.75 Å². The van der Waals surface area contributed by atoms with E-state index in [2.05, 4.69) is 4.99 Å². The van der Waals surface area contributed by atoms with Crippen LogP contribution in [0.15, 0.2) is 23.2 Å². The van der Waals surface area contributed by atoms with Crippen LogP contribution in [0.5, 0.6) is 5.75 Å². The highest BCUT2D eigenvalue weighted by atomic mass is 35.5. The third kappa shape index (κ3) is 2.30. The number of benzene rings is 1. The normalized spacial score (nSPS) is 15.4. The molecule has 17 heavy (non-hydrogen) atoms. The quantitative estimate of drug-likeness (QED) is 0.832. The molecule has 1 aromatic rings. The number of halogens is 1. The molecule has 0 bridgehead atoms. The molecule has 1 N–H and O–H groups in total. The summed E-state index contributed by atoms with van der Waals surface area (Å²) >= 11 is 10.7. The van der Waals surface area contributed by atoms with Gasteiger partial charge in [0, 0.05) is 24.1 Å². The van der Waals surface area contributed by atoms with Crippen molar-refractivity contribution in [2.45, 2.75) is 6.42 Å². The minimum absolute atomic E-state index is 0.0883. The molecule has 0 spiro atoms. The first-order valence-corrected chi connectivity index (χ1v) is 5.64. The minimum atomic E-state index is -0.241. The van der Waals surface area contributed by atoms with E-state index in [0.717, 1.165) is 0 Å². The molecule has 0 saturated carbocycles. The van der Waals surface area contributed by atoms with Crippen molar-refractivity contribution in [2.75, 3.05) is 7.05 Å². The number of carbonyl (C=O) groups excluding carboxylic acids is 1. The van der Waals surface area contributed by atoms with E-state index in [0.29, 0.717) is 16.3 Å². The van der Waals surface area contributed by atoms with Gasteiger partial charge >= 0.3 is 0 Å². The number of thiocarbonyl (C=S) groups is 1. The first kappa shape index (κ1) is 12.0. The van der Waals surface area contributed by atoms with Crippen LogP contribution >= 0.6 is 23.8 Å². The molecule has 2 rings (SSSR count). The molecule has 0 saturated heterocycles. The zero-order valence-corrected chi connectivity index (χ0v) is 10.5. The molecule has 88 valence electrons. The maximum absolute atomic E-state index is 11.7. The molecule has 0 fully saturated rings. The second kappa shape index (κ2) is 4.43. The molecule has 1 aliphatic rings. The molecule has 1 aromatic carbocycles. The van der Waals surface area contributed by atoms with Crippen molar-refractivity contribution in [3.63, 3.8) is 0 Å². The van der Waals surface area contributed by atoms with Crippen LogP contribution in [0.25, 0.3) is 0 Å². The lowest BCUT2D eigenvalue weighted by Gasteiger charge is -2.07. The average molecular weight is 269 g/mol. The predicted molar refractivity (Wildman–Crippen MR) is 69.6 cm³/mol. The van der Waals surface area contributed by atoms with Crippen molar-refractivity contribution < 1.29 is 9.90 Å². The smallest absolute Gasteiger partial charge is 0.274 e. The number of phenolic OH excluding ortho intramolecular Hbond substituents is 1. The van der Waals surface area contributed by atoms with Gasteiger partial charge in [0.1, 0.15) is 11.5 Å². The Bertz CT molecular complexity index is 542. The molecule has 1 heterocycles. The fraction of sp³-hybridized carbons (Fsp3) is 0.182. The molecule has 0 unspecified atom stereocenters. The van der Waals surface area contributed by atoms with Gasteiger partial charge in [-0.1, -0.05) is 11.6 Å². The van der Waals surface area contributed by atoms with E-state index in [9.17, 15) is 9.90 Å². The van der Waals surface area contributed by atoms with Gasteiger partial charge < -0.3 is 5.11 Å². The zero-order chi connectivity index (χ0) is 12.6. The highest BCUT2D eigenvalue weighted by Gasteiger charge is 2.27. The number of carbonyl (C=O) groups is 1. The summed E-state index contributed by atoms with van der Waals surface area (Å²) in [5.41, 5.74) is 0.873. The molecule has 0 atom stereocenters. The first-order valence-electron chi connectivity index (χ1n) is 4.86. The number of hydrogen-bond acceptors (Lipinski definition) is 3. The fourth-order valence-electron chi connectivity index (χ4n) is 1.51. The predicted octanol–water partition coefficient (Wildman–Crippen LogP) is 1.79. The molecule has 0 aliphatic carbocycles. The van der Waals surface area contributed by atoms with E-state index in [1.165, 1.54) is 11.0 Å². The Morgan fingerprint density at radius 3 is 2.82 bits per heavy atom. The lowest BCUT2D eigenvalue weighted by atomic mass is 10.1. The third-order valence-electron chi connectivity index (χ3n) is 2.47. The lowest BCUT2D eigenvalue weighted by Crippen LogP contribution is -2.29. The number of nitrogens with zero attached hydrogens (tertiary/aromatic N) is 2. The minimum Gasteiger partial charge on any atom is -0.508 e. The van der Waals surface area contributed by atoms with E-state index < -0.39 is 0 Å². The third-order valence-corrected chi connectivity index (χ3v) is 3.07. The summed E-state index contributed by atoms with van der Waals surface area (Å²) in [6.07, 6.45) is 0.218. The largest absolute Gasteiger partial charge is 0.508 e. The maximum Gasteiger partial charge on any atom is 0.274 e. The number of aliphatic imine (C=N–C) groups is 1. The Hall–Kier alpha value is -1.46. The summed E-state index contributed by atoms with van der Waals surface area (Å²) in [6, 6.07) is 4.67. The molecule has 0 radical (unpaired) electrons. The number of aromatic hydroxyl groups is 1. The van der Waals surface area contributed by atoms with Gasteiger partial charge in [0.15, 0.2) is 0 Å². The summed E-state index contributed by atoms with van der Waals surface area (Å²) in [5.74, 6) is -0.153. The molecule has 6 heteroatoms. The topological polar surface area (TPSA) is 52.9 Å². The zero-order valence-electron chi connectivity index (χ0n) is 8.98. The van der Waals surface area contributed by atoms with Gasteiger partial charge in [-0.25, -0.2) is 4.99 Å². The summed E-state index contributed by atoms with van der Waals surface area (Å²) in [6.45, 7) is 0. The number of amides is 1. The first-order chi connectivity index (χ1) is 7.99. The van der Waals surface area contributed by atoms with Gasteiger partial charge in [-0.05, 0) is 30.4 Å². The number of rotatable bonds is 2. The van der Waals surface area contributed by atoms with Crippen LogP contribution in [-0.2, 0) is 11.2 Å². The summed E-state index contributed by atoms with van der Waals surface area (Å²) in [4.78, 5) is 17.0. The van der Waals surface area contributed by atoms with Gasteiger partial charge in [-0.2, -0.15) is 0 Å². The Morgan fingerprint density at radius 2 is 2.24 bits per heavy atom. The molecule has 1 aliphatic heterocycles. The van der Waals surface area contributed by atoms with E-state index in [4.69, 9.17) is 23.8 Å². The van der Waals surface area contributed by atoms with Crippen LogP contribution in [-0.4, -0.2) is 33.8 Å². The van der Waals surface area contributed by atoms with E-state index >= 15 is 0 Å². The average Bonchev–Trinajstić information content (AvgIpc) is 2.52. The van der Waals surface area contributed by atoms with Gasteiger partial charge in [-0.3, -0.25) is 9.69 Å². The monoisotopic (exact) mass is 268 g/mol. The highest BCUT2D eigenvalue weighted by Crippen LogP contribution is 2.23.